The van der Waals surface area contributed by atoms with Crippen LogP contribution in [0, 0.1) is 22.9 Å². The molecule has 0 N–H and O–H groups in total. The fourth-order valence-electron chi connectivity index (χ4n) is 2.94. The molecule has 10 nitrogen and oxygen atoms in total. The SMILES string of the molecule is Cc1cccc(-n2nnn(C)c2=O)c1COc1nc(-c2ccc([N+](=O)[O-])c(F)c2)cs1. The first-order valence-corrected chi connectivity index (χ1v) is 9.83. The van der Waals surface area contributed by atoms with Crippen LogP contribution in [0.1, 0.15) is 11.1 Å². The number of nitrogens with zero attached hydrogens (tertiary/aromatic N) is 6. The highest BCUT2D eigenvalue weighted by molar-refractivity contribution is 7.11. The van der Waals surface area contributed by atoms with Crippen molar-refractivity contribution in [2.75, 3.05) is 0 Å². The minimum Gasteiger partial charge on any atom is -0.465 e. The summed E-state index contributed by atoms with van der Waals surface area (Å²) in [5.74, 6) is -0.933. The average Bonchev–Trinajstić information content (AvgIpc) is 3.34. The Bertz CT molecular complexity index is 1350. The zero-order valence-electron chi connectivity index (χ0n) is 16.4. The minimum absolute atomic E-state index is 0.118. The van der Waals surface area contributed by atoms with Crippen molar-refractivity contribution in [2.45, 2.75) is 13.5 Å². The third-order valence-electron chi connectivity index (χ3n) is 4.60. The van der Waals surface area contributed by atoms with E-state index in [2.05, 4.69) is 15.4 Å². The van der Waals surface area contributed by atoms with Gasteiger partial charge in [0.2, 0.25) is 5.82 Å². The van der Waals surface area contributed by atoms with E-state index >= 15 is 0 Å². The Labute approximate surface area is 178 Å². The van der Waals surface area contributed by atoms with Gasteiger partial charge in [0.1, 0.15) is 6.61 Å². The molecule has 2 heterocycles. The largest absolute Gasteiger partial charge is 0.465 e. The predicted octanol–water partition coefficient (Wildman–Crippen LogP) is 3.02. The molecule has 31 heavy (non-hydrogen) atoms. The molecule has 0 radical (unpaired) electrons. The number of hydrogen-bond acceptors (Lipinski definition) is 8. The molecule has 0 fully saturated rings. The van der Waals surface area contributed by atoms with Gasteiger partial charge in [-0.1, -0.05) is 23.5 Å². The van der Waals surface area contributed by atoms with E-state index in [9.17, 15) is 19.3 Å². The number of aryl methyl sites for hydroxylation is 2. The highest BCUT2D eigenvalue weighted by Crippen LogP contribution is 2.30. The number of thiazole rings is 1. The van der Waals surface area contributed by atoms with Gasteiger partial charge in [0.25, 0.3) is 5.19 Å². The summed E-state index contributed by atoms with van der Waals surface area (Å²) in [6.07, 6.45) is 0. The molecule has 0 aliphatic rings. The number of benzene rings is 2. The maximum Gasteiger partial charge on any atom is 0.368 e. The zero-order valence-corrected chi connectivity index (χ0v) is 17.2. The number of halogens is 1. The van der Waals surface area contributed by atoms with Crippen molar-refractivity contribution >= 4 is 17.0 Å². The van der Waals surface area contributed by atoms with Crippen molar-refractivity contribution in [3.05, 3.63) is 79.3 Å². The molecule has 2 aromatic heterocycles. The average molecular weight is 442 g/mol. The van der Waals surface area contributed by atoms with Crippen molar-refractivity contribution in [3.8, 4) is 22.1 Å². The molecule has 0 unspecified atom stereocenters. The van der Waals surface area contributed by atoms with Gasteiger partial charge in [-0.05, 0) is 41.1 Å². The Morgan fingerprint density at radius 3 is 2.74 bits per heavy atom. The van der Waals surface area contributed by atoms with Crippen molar-refractivity contribution in [3.63, 3.8) is 0 Å². The van der Waals surface area contributed by atoms with Gasteiger partial charge in [0, 0.05) is 29.6 Å². The van der Waals surface area contributed by atoms with E-state index in [1.807, 2.05) is 13.0 Å². The summed E-state index contributed by atoms with van der Waals surface area (Å²) in [6.45, 7) is 2.00. The number of rotatable bonds is 6. The van der Waals surface area contributed by atoms with E-state index in [1.165, 1.54) is 29.1 Å². The van der Waals surface area contributed by atoms with E-state index in [0.717, 1.165) is 27.9 Å². The molecule has 4 rings (SSSR count). The van der Waals surface area contributed by atoms with Crippen LogP contribution in [0.15, 0.2) is 46.6 Å². The van der Waals surface area contributed by atoms with Gasteiger partial charge < -0.3 is 4.74 Å². The first-order chi connectivity index (χ1) is 14.8. The van der Waals surface area contributed by atoms with Crippen molar-refractivity contribution in [1.29, 1.82) is 0 Å². The van der Waals surface area contributed by atoms with Gasteiger partial charge in [-0.3, -0.25) is 10.1 Å². The monoisotopic (exact) mass is 442 g/mol. The van der Waals surface area contributed by atoms with Crippen LogP contribution in [0.3, 0.4) is 0 Å². The highest BCUT2D eigenvalue weighted by atomic mass is 32.1. The summed E-state index contributed by atoms with van der Waals surface area (Å²) in [7, 11) is 1.51. The van der Waals surface area contributed by atoms with Gasteiger partial charge in [0.15, 0.2) is 0 Å². The van der Waals surface area contributed by atoms with Crippen LogP contribution in [0.2, 0.25) is 0 Å². The number of nitro benzene ring substituents is 1. The first-order valence-electron chi connectivity index (χ1n) is 8.95. The van der Waals surface area contributed by atoms with Gasteiger partial charge in [0.05, 0.1) is 16.3 Å². The Hall–Kier alpha value is -3.93. The van der Waals surface area contributed by atoms with Crippen LogP contribution < -0.4 is 10.4 Å². The summed E-state index contributed by atoms with van der Waals surface area (Å²) in [6, 6.07) is 9.03. The van der Waals surface area contributed by atoms with Crippen molar-refractivity contribution in [1.82, 2.24) is 24.8 Å². The lowest BCUT2D eigenvalue weighted by Crippen LogP contribution is -2.23. The molecule has 0 saturated carbocycles. The second-order valence-corrected chi connectivity index (χ2v) is 7.40. The van der Waals surface area contributed by atoms with Crippen molar-refractivity contribution in [2.24, 2.45) is 7.05 Å². The molecule has 12 heteroatoms. The summed E-state index contributed by atoms with van der Waals surface area (Å²) in [5, 5.41) is 20.4. The lowest BCUT2D eigenvalue weighted by Gasteiger charge is -2.11. The second kappa shape index (κ2) is 8.07. The quantitative estimate of drug-likeness (QED) is 0.333. The molecule has 0 aliphatic heterocycles. The molecular formula is C19H15FN6O4S. The standard InChI is InChI=1S/C19H15FN6O4S/c1-11-4-3-5-16(25-19(27)24(2)22-23-25)13(11)9-30-18-21-15(10-31-18)12-6-7-17(26(28)29)14(20)8-12/h3-8,10H,9H2,1-2H3. The molecule has 2 aromatic carbocycles. The number of hydrogen-bond donors (Lipinski definition) is 0. The van der Waals surface area contributed by atoms with E-state index in [0.29, 0.717) is 22.1 Å². The van der Waals surface area contributed by atoms with E-state index in [1.54, 1.807) is 17.5 Å². The Morgan fingerprint density at radius 2 is 2.06 bits per heavy atom. The van der Waals surface area contributed by atoms with Crippen molar-refractivity contribution < 1.29 is 14.1 Å². The molecule has 158 valence electrons. The van der Waals surface area contributed by atoms with E-state index in [-0.39, 0.29) is 12.3 Å². The van der Waals surface area contributed by atoms with Crippen LogP contribution in [-0.2, 0) is 13.7 Å². The maximum atomic E-state index is 13.9. The Kier molecular flexibility index (Phi) is 5.29. The van der Waals surface area contributed by atoms with Gasteiger partial charge >= 0.3 is 11.4 Å². The normalized spacial score (nSPS) is 10.9. The first kappa shape index (κ1) is 20.3. The minimum atomic E-state index is -0.933. The number of ether oxygens (including phenoxy) is 1. The van der Waals surface area contributed by atoms with Crippen LogP contribution in [0.25, 0.3) is 16.9 Å². The smallest absolute Gasteiger partial charge is 0.368 e. The van der Waals surface area contributed by atoms with E-state index < -0.39 is 16.4 Å². The lowest BCUT2D eigenvalue weighted by atomic mass is 10.1. The molecule has 0 aliphatic carbocycles. The third kappa shape index (κ3) is 3.92. The van der Waals surface area contributed by atoms with Crippen LogP contribution >= 0.6 is 11.3 Å². The fourth-order valence-corrected chi connectivity index (χ4v) is 3.62. The number of nitro groups is 1. The zero-order chi connectivity index (χ0) is 22.1. The maximum absolute atomic E-state index is 13.9. The van der Waals surface area contributed by atoms with E-state index in [4.69, 9.17) is 4.74 Å². The molecular weight excluding hydrogens is 427 g/mol. The van der Waals surface area contributed by atoms with Gasteiger partial charge in [-0.2, -0.15) is 13.8 Å². The second-order valence-electron chi connectivity index (χ2n) is 6.58. The molecule has 0 amide bonds. The molecule has 0 saturated heterocycles. The molecule has 0 spiro atoms. The Morgan fingerprint density at radius 1 is 1.26 bits per heavy atom. The summed E-state index contributed by atoms with van der Waals surface area (Å²) in [4.78, 5) is 26.6. The molecule has 0 bridgehead atoms. The summed E-state index contributed by atoms with van der Waals surface area (Å²) < 4.78 is 22.0. The number of aromatic nitrogens is 5. The summed E-state index contributed by atoms with van der Waals surface area (Å²) >= 11 is 1.20. The number of tetrazole rings is 1. The molecule has 0 atom stereocenters. The summed E-state index contributed by atoms with van der Waals surface area (Å²) in [5.41, 5.74) is 2.03. The third-order valence-corrected chi connectivity index (χ3v) is 5.35. The fraction of sp³-hybridized carbons (Fsp3) is 0.158. The van der Waals surface area contributed by atoms with Gasteiger partial charge in [-0.25, -0.2) is 9.78 Å². The topological polar surface area (TPSA) is 118 Å². The van der Waals surface area contributed by atoms with Crippen LogP contribution in [0.4, 0.5) is 10.1 Å². The van der Waals surface area contributed by atoms with Gasteiger partial charge in [-0.15, -0.1) is 0 Å². The predicted molar refractivity (Wildman–Crippen MR) is 110 cm³/mol. The van der Waals surface area contributed by atoms with Crippen LogP contribution in [0.5, 0.6) is 5.19 Å². The lowest BCUT2D eigenvalue weighted by molar-refractivity contribution is -0.387. The van der Waals surface area contributed by atoms with Crippen LogP contribution in [-0.4, -0.2) is 29.7 Å². The Balaban J connectivity index is 1.57. The molecule has 4 aromatic rings. The highest BCUT2D eigenvalue weighted by Gasteiger charge is 2.17.